The normalized spacial score (nSPS) is 24.4. The highest BCUT2D eigenvalue weighted by Crippen LogP contribution is 2.26. The molecule has 0 bridgehead atoms. The standard InChI is InChI=1S/C14H23N3/c1-3-16-13-8-14(10-15-9-13)17-12-6-4-5-11(2)7-12/h8-12,16-17H,3-7H2,1-2H3. The van der Waals surface area contributed by atoms with E-state index in [2.05, 4.69) is 35.5 Å². The van der Waals surface area contributed by atoms with E-state index in [9.17, 15) is 0 Å². The number of hydrogen-bond donors (Lipinski definition) is 2. The Balaban J connectivity index is 1.95. The Morgan fingerprint density at radius 2 is 2.12 bits per heavy atom. The number of nitrogens with one attached hydrogen (secondary N) is 2. The van der Waals surface area contributed by atoms with Crippen LogP contribution >= 0.6 is 0 Å². The van der Waals surface area contributed by atoms with Crippen molar-refractivity contribution in [2.45, 2.75) is 45.6 Å². The van der Waals surface area contributed by atoms with Gasteiger partial charge in [-0.05, 0) is 31.7 Å². The second-order valence-corrected chi connectivity index (χ2v) is 5.11. The summed E-state index contributed by atoms with van der Waals surface area (Å²) >= 11 is 0. The van der Waals surface area contributed by atoms with Crippen LogP contribution in [0.25, 0.3) is 0 Å². The zero-order valence-corrected chi connectivity index (χ0v) is 10.9. The van der Waals surface area contributed by atoms with Crippen molar-refractivity contribution in [3.05, 3.63) is 18.5 Å². The molecule has 1 aromatic heterocycles. The predicted octanol–water partition coefficient (Wildman–Crippen LogP) is 3.50. The van der Waals surface area contributed by atoms with Gasteiger partial charge in [0.05, 0.1) is 23.8 Å². The lowest BCUT2D eigenvalue weighted by atomic mass is 9.87. The molecule has 2 unspecified atom stereocenters. The van der Waals surface area contributed by atoms with E-state index in [4.69, 9.17) is 0 Å². The van der Waals surface area contributed by atoms with Gasteiger partial charge in [0.1, 0.15) is 0 Å². The van der Waals surface area contributed by atoms with Gasteiger partial charge >= 0.3 is 0 Å². The third-order valence-corrected chi connectivity index (χ3v) is 3.43. The average Bonchev–Trinajstić information content (AvgIpc) is 2.30. The molecule has 1 heterocycles. The van der Waals surface area contributed by atoms with Crippen molar-refractivity contribution in [3.63, 3.8) is 0 Å². The van der Waals surface area contributed by atoms with E-state index >= 15 is 0 Å². The first-order valence-corrected chi connectivity index (χ1v) is 6.73. The third kappa shape index (κ3) is 3.62. The van der Waals surface area contributed by atoms with E-state index in [0.29, 0.717) is 6.04 Å². The second kappa shape index (κ2) is 5.89. The van der Waals surface area contributed by atoms with Gasteiger partial charge in [-0.2, -0.15) is 0 Å². The first-order valence-electron chi connectivity index (χ1n) is 6.73. The van der Waals surface area contributed by atoms with Crippen LogP contribution in [0.15, 0.2) is 18.5 Å². The quantitative estimate of drug-likeness (QED) is 0.835. The van der Waals surface area contributed by atoms with E-state index in [1.807, 2.05) is 12.4 Å². The summed E-state index contributed by atoms with van der Waals surface area (Å²) in [5, 5.41) is 6.90. The molecule has 3 nitrogen and oxygen atoms in total. The Morgan fingerprint density at radius 3 is 2.88 bits per heavy atom. The van der Waals surface area contributed by atoms with Gasteiger partial charge in [-0.15, -0.1) is 0 Å². The Labute approximate surface area is 104 Å². The molecule has 0 radical (unpaired) electrons. The fourth-order valence-electron chi connectivity index (χ4n) is 2.62. The van der Waals surface area contributed by atoms with Gasteiger partial charge in [-0.3, -0.25) is 4.98 Å². The summed E-state index contributed by atoms with van der Waals surface area (Å²) < 4.78 is 0. The number of pyridine rings is 1. The summed E-state index contributed by atoms with van der Waals surface area (Å²) in [6.45, 7) is 5.38. The van der Waals surface area contributed by atoms with Crippen LogP contribution in [0.4, 0.5) is 11.4 Å². The van der Waals surface area contributed by atoms with Gasteiger partial charge in [0.15, 0.2) is 0 Å². The van der Waals surface area contributed by atoms with Crippen LogP contribution in [0.5, 0.6) is 0 Å². The molecule has 0 aliphatic heterocycles. The molecule has 1 aromatic rings. The zero-order chi connectivity index (χ0) is 12.1. The zero-order valence-electron chi connectivity index (χ0n) is 10.9. The van der Waals surface area contributed by atoms with Crippen molar-refractivity contribution in [2.24, 2.45) is 5.92 Å². The van der Waals surface area contributed by atoms with Gasteiger partial charge in [0.2, 0.25) is 0 Å². The van der Waals surface area contributed by atoms with Crippen LogP contribution in [0, 0.1) is 5.92 Å². The van der Waals surface area contributed by atoms with E-state index < -0.39 is 0 Å². The van der Waals surface area contributed by atoms with Crippen molar-refractivity contribution in [3.8, 4) is 0 Å². The highest BCUT2D eigenvalue weighted by molar-refractivity contribution is 5.54. The Hall–Kier alpha value is -1.25. The van der Waals surface area contributed by atoms with Crippen molar-refractivity contribution in [1.82, 2.24) is 4.98 Å². The number of anilines is 2. The molecule has 0 spiro atoms. The van der Waals surface area contributed by atoms with Crippen LogP contribution < -0.4 is 10.6 Å². The van der Waals surface area contributed by atoms with Gasteiger partial charge in [-0.25, -0.2) is 0 Å². The lowest BCUT2D eigenvalue weighted by Crippen LogP contribution is -2.26. The highest BCUT2D eigenvalue weighted by Gasteiger charge is 2.18. The van der Waals surface area contributed by atoms with Crippen molar-refractivity contribution in [1.29, 1.82) is 0 Å². The number of hydrogen-bond acceptors (Lipinski definition) is 3. The van der Waals surface area contributed by atoms with Gasteiger partial charge in [0.25, 0.3) is 0 Å². The fourth-order valence-corrected chi connectivity index (χ4v) is 2.62. The first-order chi connectivity index (χ1) is 8.28. The summed E-state index contributed by atoms with van der Waals surface area (Å²) in [6.07, 6.45) is 9.09. The summed E-state index contributed by atoms with van der Waals surface area (Å²) in [7, 11) is 0. The number of nitrogens with zero attached hydrogens (tertiary/aromatic N) is 1. The van der Waals surface area contributed by atoms with Crippen LogP contribution in [0.3, 0.4) is 0 Å². The average molecular weight is 233 g/mol. The number of rotatable bonds is 4. The molecule has 3 heteroatoms. The SMILES string of the molecule is CCNc1cncc(NC2CCCC(C)C2)c1. The third-order valence-electron chi connectivity index (χ3n) is 3.43. The summed E-state index contributed by atoms with van der Waals surface area (Å²) in [6, 6.07) is 2.77. The summed E-state index contributed by atoms with van der Waals surface area (Å²) in [4.78, 5) is 4.26. The van der Waals surface area contributed by atoms with Crippen LogP contribution in [-0.4, -0.2) is 17.6 Å². The fraction of sp³-hybridized carbons (Fsp3) is 0.643. The highest BCUT2D eigenvalue weighted by atomic mass is 14.9. The molecule has 0 amide bonds. The van der Waals surface area contributed by atoms with E-state index in [1.54, 1.807) is 0 Å². The molecule has 2 rings (SSSR count). The molecule has 2 atom stereocenters. The minimum atomic E-state index is 0.623. The minimum absolute atomic E-state index is 0.623. The topological polar surface area (TPSA) is 37.0 Å². The largest absolute Gasteiger partial charge is 0.384 e. The molecule has 1 saturated carbocycles. The van der Waals surface area contributed by atoms with Crippen molar-refractivity contribution in [2.75, 3.05) is 17.2 Å². The van der Waals surface area contributed by atoms with Crippen LogP contribution in [0.2, 0.25) is 0 Å². The molecule has 17 heavy (non-hydrogen) atoms. The maximum absolute atomic E-state index is 4.26. The van der Waals surface area contributed by atoms with Crippen LogP contribution in [-0.2, 0) is 0 Å². The van der Waals surface area contributed by atoms with Crippen molar-refractivity contribution >= 4 is 11.4 Å². The molecule has 1 fully saturated rings. The Bertz CT molecular complexity index is 351. The van der Waals surface area contributed by atoms with E-state index in [1.165, 1.54) is 25.7 Å². The maximum atomic E-state index is 4.26. The monoisotopic (exact) mass is 233 g/mol. The van der Waals surface area contributed by atoms with Gasteiger partial charge in [0, 0.05) is 12.6 Å². The molecule has 94 valence electrons. The Kier molecular flexibility index (Phi) is 4.24. The predicted molar refractivity (Wildman–Crippen MR) is 73.4 cm³/mol. The molecule has 2 N–H and O–H groups in total. The maximum Gasteiger partial charge on any atom is 0.0549 e. The van der Waals surface area contributed by atoms with Gasteiger partial charge < -0.3 is 10.6 Å². The van der Waals surface area contributed by atoms with E-state index in [-0.39, 0.29) is 0 Å². The van der Waals surface area contributed by atoms with Gasteiger partial charge in [-0.1, -0.05) is 19.8 Å². The molecule has 1 aliphatic carbocycles. The van der Waals surface area contributed by atoms with Crippen molar-refractivity contribution < 1.29 is 0 Å². The summed E-state index contributed by atoms with van der Waals surface area (Å²) in [5.41, 5.74) is 2.24. The molecule has 1 aliphatic rings. The molecular weight excluding hydrogens is 210 g/mol. The smallest absolute Gasteiger partial charge is 0.0549 e. The Morgan fingerprint density at radius 1 is 1.29 bits per heavy atom. The lowest BCUT2D eigenvalue weighted by Gasteiger charge is -2.28. The minimum Gasteiger partial charge on any atom is -0.384 e. The number of aromatic nitrogens is 1. The van der Waals surface area contributed by atoms with Crippen LogP contribution in [0.1, 0.15) is 39.5 Å². The molecule has 0 aromatic carbocycles. The molecule has 0 saturated heterocycles. The molecular formula is C14H23N3. The second-order valence-electron chi connectivity index (χ2n) is 5.11. The van der Waals surface area contributed by atoms with E-state index in [0.717, 1.165) is 23.8 Å². The lowest BCUT2D eigenvalue weighted by molar-refractivity contribution is 0.358. The summed E-state index contributed by atoms with van der Waals surface area (Å²) in [5.74, 6) is 0.853. The first kappa shape index (κ1) is 12.2.